The standard InChI is InChI=1S/C18H18N4O2/c1-13-5-2-3-8-16(13)17(23)12-19-18(24)14-6-4-7-15(11-14)22-10-9-20-21-22/h2-11,17,23H,12H2,1H3,(H,19,24). The first-order chi connectivity index (χ1) is 11.6. The Hall–Kier alpha value is -2.99. The van der Waals surface area contributed by atoms with Crippen LogP contribution in [0.4, 0.5) is 0 Å². The van der Waals surface area contributed by atoms with Crippen molar-refractivity contribution in [2.75, 3.05) is 6.54 Å². The molecular weight excluding hydrogens is 304 g/mol. The van der Waals surface area contributed by atoms with Crippen molar-refractivity contribution in [2.24, 2.45) is 0 Å². The summed E-state index contributed by atoms with van der Waals surface area (Å²) in [5.74, 6) is -0.246. The molecule has 0 aliphatic carbocycles. The number of hydrogen-bond acceptors (Lipinski definition) is 4. The number of aryl methyl sites for hydroxylation is 1. The number of amides is 1. The highest BCUT2D eigenvalue weighted by Gasteiger charge is 2.13. The van der Waals surface area contributed by atoms with Crippen LogP contribution in [0.3, 0.4) is 0 Å². The van der Waals surface area contributed by atoms with Crippen LogP contribution in [0.5, 0.6) is 0 Å². The molecule has 0 fully saturated rings. The van der Waals surface area contributed by atoms with E-state index in [4.69, 9.17) is 0 Å². The van der Waals surface area contributed by atoms with Gasteiger partial charge in [0.15, 0.2) is 0 Å². The third kappa shape index (κ3) is 3.49. The minimum atomic E-state index is -0.742. The van der Waals surface area contributed by atoms with E-state index in [1.54, 1.807) is 35.3 Å². The van der Waals surface area contributed by atoms with Gasteiger partial charge in [-0.3, -0.25) is 4.79 Å². The molecule has 6 nitrogen and oxygen atoms in total. The third-order valence-corrected chi connectivity index (χ3v) is 3.80. The van der Waals surface area contributed by atoms with Gasteiger partial charge in [-0.15, -0.1) is 5.10 Å². The highest BCUT2D eigenvalue weighted by Crippen LogP contribution is 2.16. The Balaban J connectivity index is 1.67. The first kappa shape index (κ1) is 15.9. The van der Waals surface area contributed by atoms with Gasteiger partial charge in [-0.05, 0) is 36.2 Å². The molecule has 0 aliphatic rings. The zero-order valence-electron chi connectivity index (χ0n) is 13.3. The average Bonchev–Trinajstić information content (AvgIpc) is 3.14. The van der Waals surface area contributed by atoms with Gasteiger partial charge in [-0.1, -0.05) is 35.5 Å². The predicted molar refractivity (Wildman–Crippen MR) is 89.8 cm³/mol. The van der Waals surface area contributed by atoms with Gasteiger partial charge in [0, 0.05) is 12.1 Å². The molecule has 2 N–H and O–H groups in total. The van der Waals surface area contributed by atoms with Crippen molar-refractivity contribution < 1.29 is 9.90 Å². The van der Waals surface area contributed by atoms with E-state index < -0.39 is 6.10 Å². The van der Waals surface area contributed by atoms with Crippen LogP contribution in [0.2, 0.25) is 0 Å². The molecule has 122 valence electrons. The predicted octanol–water partition coefficient (Wildman–Crippen LogP) is 2.04. The first-order valence-electron chi connectivity index (χ1n) is 7.63. The molecule has 2 aromatic carbocycles. The number of aliphatic hydroxyl groups excluding tert-OH is 1. The van der Waals surface area contributed by atoms with E-state index in [9.17, 15) is 9.90 Å². The minimum absolute atomic E-state index is 0.150. The number of aliphatic hydroxyl groups is 1. The molecule has 3 rings (SSSR count). The van der Waals surface area contributed by atoms with E-state index in [-0.39, 0.29) is 12.5 Å². The number of hydrogen-bond donors (Lipinski definition) is 2. The van der Waals surface area contributed by atoms with Crippen molar-refractivity contribution in [3.05, 3.63) is 77.6 Å². The average molecular weight is 322 g/mol. The highest BCUT2D eigenvalue weighted by atomic mass is 16.3. The molecule has 3 aromatic rings. The smallest absolute Gasteiger partial charge is 0.251 e. The summed E-state index contributed by atoms with van der Waals surface area (Å²) in [4.78, 5) is 12.3. The summed E-state index contributed by atoms with van der Waals surface area (Å²) < 4.78 is 1.58. The summed E-state index contributed by atoms with van der Waals surface area (Å²) in [5.41, 5.74) is 3.06. The van der Waals surface area contributed by atoms with Crippen LogP contribution in [-0.2, 0) is 0 Å². The van der Waals surface area contributed by atoms with Crippen LogP contribution in [-0.4, -0.2) is 32.6 Å². The Morgan fingerprint density at radius 2 is 2.08 bits per heavy atom. The Bertz CT molecular complexity index is 831. The fraction of sp³-hybridized carbons (Fsp3) is 0.167. The second kappa shape index (κ2) is 7.06. The lowest BCUT2D eigenvalue weighted by Crippen LogP contribution is -2.28. The van der Waals surface area contributed by atoms with Gasteiger partial charge < -0.3 is 10.4 Å². The molecule has 1 aromatic heterocycles. The highest BCUT2D eigenvalue weighted by molar-refractivity contribution is 5.94. The van der Waals surface area contributed by atoms with Crippen molar-refractivity contribution in [2.45, 2.75) is 13.0 Å². The molecule has 1 amide bonds. The van der Waals surface area contributed by atoms with Gasteiger partial charge in [0.1, 0.15) is 0 Å². The minimum Gasteiger partial charge on any atom is -0.387 e. The molecule has 0 aliphatic heterocycles. The Morgan fingerprint density at radius 1 is 1.25 bits per heavy atom. The summed E-state index contributed by atoms with van der Waals surface area (Å²) in [6, 6.07) is 14.6. The molecule has 1 atom stereocenters. The normalized spacial score (nSPS) is 11.9. The van der Waals surface area contributed by atoms with E-state index in [1.807, 2.05) is 37.3 Å². The fourth-order valence-corrected chi connectivity index (χ4v) is 2.50. The van der Waals surface area contributed by atoms with Crippen LogP contribution < -0.4 is 5.32 Å². The summed E-state index contributed by atoms with van der Waals surface area (Å²) in [5, 5.41) is 20.7. The SMILES string of the molecule is Cc1ccccc1C(O)CNC(=O)c1cccc(-n2ccnn2)c1. The molecule has 1 unspecified atom stereocenters. The zero-order chi connectivity index (χ0) is 16.9. The van der Waals surface area contributed by atoms with Gasteiger partial charge in [-0.25, -0.2) is 4.68 Å². The van der Waals surface area contributed by atoms with E-state index in [0.29, 0.717) is 5.56 Å². The topological polar surface area (TPSA) is 80.0 Å². The first-order valence-corrected chi connectivity index (χ1v) is 7.63. The second-order valence-corrected chi connectivity index (χ2v) is 5.48. The van der Waals surface area contributed by atoms with E-state index in [1.165, 1.54) is 0 Å². The molecule has 0 bridgehead atoms. The maximum atomic E-state index is 12.3. The largest absolute Gasteiger partial charge is 0.387 e. The molecule has 0 spiro atoms. The Morgan fingerprint density at radius 3 is 2.83 bits per heavy atom. The number of carbonyl (C=O) groups excluding carboxylic acids is 1. The van der Waals surface area contributed by atoms with E-state index >= 15 is 0 Å². The van der Waals surface area contributed by atoms with Crippen molar-refractivity contribution >= 4 is 5.91 Å². The van der Waals surface area contributed by atoms with Gasteiger partial charge in [0.25, 0.3) is 5.91 Å². The zero-order valence-corrected chi connectivity index (χ0v) is 13.3. The van der Waals surface area contributed by atoms with Crippen molar-refractivity contribution in [1.29, 1.82) is 0 Å². The van der Waals surface area contributed by atoms with Crippen LogP contribution in [0.15, 0.2) is 60.9 Å². The number of rotatable bonds is 5. The summed E-state index contributed by atoms with van der Waals surface area (Å²) in [6.45, 7) is 2.08. The van der Waals surface area contributed by atoms with Crippen molar-refractivity contribution in [3.8, 4) is 5.69 Å². The fourth-order valence-electron chi connectivity index (χ4n) is 2.50. The number of nitrogens with one attached hydrogen (secondary N) is 1. The van der Waals surface area contributed by atoms with Gasteiger partial charge in [-0.2, -0.15) is 0 Å². The van der Waals surface area contributed by atoms with Gasteiger partial charge in [0.05, 0.1) is 24.2 Å². The number of benzene rings is 2. The maximum Gasteiger partial charge on any atom is 0.251 e. The summed E-state index contributed by atoms with van der Waals surface area (Å²) in [7, 11) is 0. The lowest BCUT2D eigenvalue weighted by Gasteiger charge is -2.14. The lowest BCUT2D eigenvalue weighted by molar-refractivity contribution is 0.0916. The quantitative estimate of drug-likeness (QED) is 0.753. The molecule has 6 heteroatoms. The second-order valence-electron chi connectivity index (χ2n) is 5.48. The third-order valence-electron chi connectivity index (χ3n) is 3.80. The van der Waals surface area contributed by atoms with Crippen molar-refractivity contribution in [1.82, 2.24) is 20.3 Å². The summed E-state index contributed by atoms with van der Waals surface area (Å²) >= 11 is 0. The molecule has 0 saturated carbocycles. The molecule has 0 saturated heterocycles. The molecule has 24 heavy (non-hydrogen) atoms. The number of aromatic nitrogens is 3. The monoisotopic (exact) mass is 322 g/mol. The van der Waals surface area contributed by atoms with Crippen LogP contribution in [0.25, 0.3) is 5.69 Å². The van der Waals surface area contributed by atoms with E-state index in [2.05, 4.69) is 15.6 Å². The van der Waals surface area contributed by atoms with Crippen LogP contribution in [0, 0.1) is 6.92 Å². The molecular formula is C18H18N4O2. The number of carbonyl (C=O) groups is 1. The Kier molecular flexibility index (Phi) is 4.67. The van der Waals surface area contributed by atoms with Gasteiger partial charge in [0.2, 0.25) is 0 Å². The van der Waals surface area contributed by atoms with Crippen molar-refractivity contribution in [3.63, 3.8) is 0 Å². The maximum absolute atomic E-state index is 12.3. The van der Waals surface area contributed by atoms with Crippen LogP contribution in [0.1, 0.15) is 27.6 Å². The number of nitrogens with zero attached hydrogens (tertiary/aromatic N) is 3. The lowest BCUT2D eigenvalue weighted by atomic mass is 10.0. The van der Waals surface area contributed by atoms with Gasteiger partial charge >= 0.3 is 0 Å². The van der Waals surface area contributed by atoms with E-state index in [0.717, 1.165) is 16.8 Å². The molecule has 0 radical (unpaired) electrons. The summed E-state index contributed by atoms with van der Waals surface area (Å²) in [6.07, 6.45) is 2.54. The Labute approximate surface area is 139 Å². The van der Waals surface area contributed by atoms with Crippen LogP contribution >= 0.6 is 0 Å². The molecule has 1 heterocycles.